The first-order valence-corrected chi connectivity index (χ1v) is 11.9. The first-order chi connectivity index (χ1) is 15.8. The molecule has 1 atom stereocenters. The maximum absolute atomic E-state index is 13.5. The fourth-order valence-electron chi connectivity index (χ4n) is 5.79. The van der Waals surface area contributed by atoms with E-state index < -0.39 is 6.10 Å². The summed E-state index contributed by atoms with van der Waals surface area (Å²) >= 11 is 0. The quantitative estimate of drug-likeness (QED) is 0.689. The third-order valence-electron chi connectivity index (χ3n) is 7.71. The van der Waals surface area contributed by atoms with Gasteiger partial charge >= 0.3 is 6.03 Å². The van der Waals surface area contributed by atoms with Crippen LogP contribution in [0.5, 0.6) is 5.75 Å². The predicted molar refractivity (Wildman–Crippen MR) is 130 cm³/mol. The molecule has 1 aliphatic carbocycles. The Labute approximate surface area is 197 Å². The molecule has 4 rings (SSSR count). The highest BCUT2D eigenvalue weighted by molar-refractivity contribution is 5.78. The number of amides is 2. The molecule has 0 bridgehead atoms. The molecule has 1 N–H and O–H groups in total. The smallest absolute Gasteiger partial charge is 0.321 e. The van der Waals surface area contributed by atoms with E-state index in [-0.39, 0.29) is 17.1 Å². The number of carbonyl (C=O) groups is 1. The number of nitrogens with zero attached hydrogens (tertiary/aromatic N) is 3. The minimum Gasteiger partial charge on any atom is -0.497 e. The normalized spacial score (nSPS) is 26.3. The van der Waals surface area contributed by atoms with Crippen LogP contribution >= 0.6 is 0 Å². The summed E-state index contributed by atoms with van der Waals surface area (Å²) < 4.78 is 5.27. The molecule has 1 saturated carbocycles. The first kappa shape index (κ1) is 23.6. The summed E-state index contributed by atoms with van der Waals surface area (Å²) in [4.78, 5) is 19.8. The fourth-order valence-corrected chi connectivity index (χ4v) is 5.79. The molecule has 2 aromatic rings. The number of methoxy groups -OCH3 is 1. The van der Waals surface area contributed by atoms with Gasteiger partial charge in [-0.15, -0.1) is 0 Å². The van der Waals surface area contributed by atoms with Crippen LogP contribution in [-0.2, 0) is 12.1 Å². The van der Waals surface area contributed by atoms with E-state index in [1.807, 2.05) is 34.1 Å². The standard InChI is InChI=1S/C27H37N3O3/c1-21(31)18-30-25(32)29(19-22-10-12-24(33-4)13-11-22)20-26(30)14-16-27(17-15-26,28(2)3)23-8-6-5-7-9-23/h5-13,21,31H,14-20H2,1-4H3/t21-,26?,27?/m1/s1. The average molecular weight is 452 g/mol. The Bertz CT molecular complexity index is 935. The summed E-state index contributed by atoms with van der Waals surface area (Å²) in [5.74, 6) is 0.812. The summed E-state index contributed by atoms with van der Waals surface area (Å²) in [6, 6.07) is 18.7. The van der Waals surface area contributed by atoms with Crippen LogP contribution in [0.4, 0.5) is 4.79 Å². The molecule has 33 heavy (non-hydrogen) atoms. The molecule has 178 valence electrons. The van der Waals surface area contributed by atoms with Crippen molar-refractivity contribution in [1.82, 2.24) is 14.7 Å². The van der Waals surface area contributed by atoms with E-state index in [1.165, 1.54) is 5.56 Å². The lowest BCUT2D eigenvalue weighted by molar-refractivity contribution is 0.0119. The number of hydrogen-bond acceptors (Lipinski definition) is 4. The zero-order valence-electron chi connectivity index (χ0n) is 20.3. The lowest BCUT2D eigenvalue weighted by Crippen LogP contribution is -2.56. The zero-order valence-corrected chi connectivity index (χ0v) is 20.3. The van der Waals surface area contributed by atoms with Crippen molar-refractivity contribution in [3.05, 3.63) is 65.7 Å². The van der Waals surface area contributed by atoms with Gasteiger partial charge in [0.1, 0.15) is 5.75 Å². The van der Waals surface area contributed by atoms with Crippen LogP contribution in [0.2, 0.25) is 0 Å². The van der Waals surface area contributed by atoms with E-state index in [1.54, 1.807) is 14.0 Å². The Hall–Kier alpha value is -2.57. The van der Waals surface area contributed by atoms with Crippen molar-refractivity contribution in [2.45, 2.75) is 56.3 Å². The van der Waals surface area contributed by atoms with Crippen LogP contribution in [-0.4, -0.2) is 71.8 Å². The second-order valence-corrected chi connectivity index (χ2v) is 9.96. The molecule has 0 aromatic heterocycles. The third kappa shape index (κ3) is 4.46. The molecule has 2 aromatic carbocycles. The van der Waals surface area contributed by atoms with Crippen molar-refractivity contribution < 1.29 is 14.6 Å². The van der Waals surface area contributed by atoms with Crippen molar-refractivity contribution in [3.63, 3.8) is 0 Å². The topological polar surface area (TPSA) is 56.3 Å². The number of hydrogen-bond donors (Lipinski definition) is 1. The van der Waals surface area contributed by atoms with Crippen LogP contribution in [0.1, 0.15) is 43.7 Å². The molecule has 0 radical (unpaired) electrons. The number of ether oxygens (including phenoxy) is 1. The first-order valence-electron chi connectivity index (χ1n) is 11.9. The van der Waals surface area contributed by atoms with E-state index in [2.05, 4.69) is 49.3 Å². The van der Waals surface area contributed by atoms with Crippen LogP contribution in [0.25, 0.3) is 0 Å². The minimum atomic E-state index is -0.554. The Balaban J connectivity index is 1.57. The van der Waals surface area contributed by atoms with Gasteiger partial charge in [-0.2, -0.15) is 0 Å². The van der Waals surface area contributed by atoms with E-state index >= 15 is 0 Å². The summed E-state index contributed by atoms with van der Waals surface area (Å²) in [5, 5.41) is 10.2. The molecule has 1 heterocycles. The van der Waals surface area contributed by atoms with Gasteiger partial charge in [0.25, 0.3) is 0 Å². The molecular formula is C27H37N3O3. The van der Waals surface area contributed by atoms with Crippen molar-refractivity contribution in [2.24, 2.45) is 0 Å². The van der Waals surface area contributed by atoms with E-state index in [0.717, 1.165) is 37.0 Å². The van der Waals surface area contributed by atoms with Crippen LogP contribution in [0, 0.1) is 0 Å². The van der Waals surface area contributed by atoms with Gasteiger partial charge in [0, 0.05) is 25.2 Å². The Morgan fingerprint density at radius 3 is 2.21 bits per heavy atom. The van der Waals surface area contributed by atoms with Gasteiger partial charge in [0.2, 0.25) is 0 Å². The van der Waals surface area contributed by atoms with Crippen molar-refractivity contribution >= 4 is 6.03 Å². The number of urea groups is 1. The maximum Gasteiger partial charge on any atom is 0.321 e. The summed E-state index contributed by atoms with van der Waals surface area (Å²) in [7, 11) is 5.98. The van der Waals surface area contributed by atoms with Crippen molar-refractivity contribution in [1.29, 1.82) is 0 Å². The highest BCUT2D eigenvalue weighted by Crippen LogP contribution is 2.49. The Morgan fingerprint density at radius 2 is 1.67 bits per heavy atom. The van der Waals surface area contributed by atoms with E-state index in [9.17, 15) is 9.90 Å². The number of rotatable bonds is 7. The van der Waals surface area contributed by atoms with Gasteiger partial charge in [-0.3, -0.25) is 4.90 Å². The molecule has 2 aliphatic rings. The molecular weight excluding hydrogens is 414 g/mol. The van der Waals surface area contributed by atoms with Crippen molar-refractivity contribution in [2.75, 3.05) is 34.3 Å². The molecule has 1 aliphatic heterocycles. The predicted octanol–water partition coefficient (Wildman–Crippen LogP) is 4.08. The molecule has 1 saturated heterocycles. The molecule has 2 fully saturated rings. The summed E-state index contributed by atoms with van der Waals surface area (Å²) in [6.07, 6.45) is 3.23. The minimum absolute atomic E-state index is 0.0313. The fraction of sp³-hybridized carbons (Fsp3) is 0.519. The van der Waals surface area contributed by atoms with Crippen LogP contribution < -0.4 is 4.74 Å². The van der Waals surface area contributed by atoms with Gasteiger partial charge in [-0.05, 0) is 70.0 Å². The van der Waals surface area contributed by atoms with E-state index in [0.29, 0.717) is 19.6 Å². The Kier molecular flexibility index (Phi) is 6.68. The van der Waals surface area contributed by atoms with E-state index in [4.69, 9.17) is 4.74 Å². The molecule has 0 unspecified atom stereocenters. The molecule has 1 spiro atoms. The molecule has 6 nitrogen and oxygen atoms in total. The van der Waals surface area contributed by atoms with Gasteiger partial charge in [-0.1, -0.05) is 42.5 Å². The van der Waals surface area contributed by atoms with Crippen molar-refractivity contribution in [3.8, 4) is 5.75 Å². The largest absolute Gasteiger partial charge is 0.497 e. The Morgan fingerprint density at radius 1 is 1.03 bits per heavy atom. The number of aliphatic hydroxyl groups is 1. The van der Waals surface area contributed by atoms with Gasteiger partial charge < -0.3 is 19.6 Å². The maximum atomic E-state index is 13.5. The van der Waals surface area contributed by atoms with Gasteiger partial charge in [0.15, 0.2) is 0 Å². The average Bonchev–Trinajstić information content (AvgIpc) is 3.05. The second kappa shape index (κ2) is 9.35. The number of carbonyl (C=O) groups excluding carboxylic acids is 1. The highest BCUT2D eigenvalue weighted by atomic mass is 16.5. The SMILES string of the molecule is COc1ccc(CN2CC3(CCC(c4ccccc4)(N(C)C)CC3)N(C[C@@H](C)O)C2=O)cc1. The zero-order chi connectivity index (χ0) is 23.6. The van der Waals surface area contributed by atoms with Crippen LogP contribution in [0.3, 0.4) is 0 Å². The summed E-state index contributed by atoms with van der Waals surface area (Å²) in [6.45, 7) is 3.41. The number of β-amino-alcohol motifs (C(OH)–C–C–N with tert-alkyl or cyclic N) is 1. The second-order valence-electron chi connectivity index (χ2n) is 9.96. The third-order valence-corrected chi connectivity index (χ3v) is 7.71. The van der Waals surface area contributed by atoms with Gasteiger partial charge in [-0.25, -0.2) is 4.79 Å². The lowest BCUT2D eigenvalue weighted by Gasteiger charge is -2.51. The van der Waals surface area contributed by atoms with Gasteiger partial charge in [0.05, 0.1) is 18.8 Å². The molecule has 2 amide bonds. The number of aliphatic hydroxyl groups excluding tert-OH is 1. The number of benzene rings is 2. The monoisotopic (exact) mass is 451 g/mol. The molecule has 6 heteroatoms. The highest BCUT2D eigenvalue weighted by Gasteiger charge is 2.54. The van der Waals surface area contributed by atoms with Crippen LogP contribution in [0.15, 0.2) is 54.6 Å². The summed E-state index contributed by atoms with van der Waals surface area (Å²) in [5.41, 5.74) is 2.15. The lowest BCUT2D eigenvalue weighted by atomic mass is 9.68.